The molecule has 0 aromatic heterocycles. The van der Waals surface area contributed by atoms with E-state index >= 15 is 0 Å². The van der Waals surface area contributed by atoms with Gasteiger partial charge in [0, 0.05) is 12.2 Å². The van der Waals surface area contributed by atoms with Crippen molar-refractivity contribution in [1.29, 1.82) is 0 Å². The number of anilines is 1. The standard InChI is InChI=1S/C16H21FN2O3/c1-11(2)10-22-16(21)19-9-3-4-14(19)15(20)18-13-7-5-12(17)6-8-13/h5-8,11,14H,3-4,9-10H2,1-2H3,(H,18,20). The van der Waals surface area contributed by atoms with Crippen molar-refractivity contribution in [1.82, 2.24) is 4.90 Å². The van der Waals surface area contributed by atoms with E-state index in [1.807, 2.05) is 13.8 Å². The van der Waals surface area contributed by atoms with Gasteiger partial charge >= 0.3 is 6.09 Å². The van der Waals surface area contributed by atoms with Crippen molar-refractivity contribution < 1.29 is 18.7 Å². The van der Waals surface area contributed by atoms with Crippen LogP contribution in [0.1, 0.15) is 26.7 Å². The van der Waals surface area contributed by atoms with Gasteiger partial charge in [-0.05, 0) is 43.0 Å². The van der Waals surface area contributed by atoms with Crippen molar-refractivity contribution in [2.24, 2.45) is 5.92 Å². The van der Waals surface area contributed by atoms with Gasteiger partial charge in [-0.2, -0.15) is 0 Å². The Balaban J connectivity index is 1.95. The number of ether oxygens (including phenoxy) is 1. The molecule has 1 atom stereocenters. The summed E-state index contributed by atoms with van der Waals surface area (Å²) < 4.78 is 18.1. The van der Waals surface area contributed by atoms with Crippen LogP contribution < -0.4 is 5.32 Å². The average molecular weight is 308 g/mol. The van der Waals surface area contributed by atoms with E-state index in [1.54, 1.807) is 0 Å². The zero-order chi connectivity index (χ0) is 16.1. The molecule has 0 spiro atoms. The maximum absolute atomic E-state index is 12.9. The molecule has 1 aliphatic heterocycles. The van der Waals surface area contributed by atoms with Crippen LogP contribution in [0.5, 0.6) is 0 Å². The Bertz CT molecular complexity index is 531. The van der Waals surface area contributed by atoms with Gasteiger partial charge in [-0.3, -0.25) is 9.69 Å². The van der Waals surface area contributed by atoms with Crippen LogP contribution in [-0.4, -0.2) is 36.1 Å². The highest BCUT2D eigenvalue weighted by atomic mass is 19.1. The number of nitrogens with zero attached hydrogens (tertiary/aromatic N) is 1. The maximum Gasteiger partial charge on any atom is 0.410 e. The minimum absolute atomic E-state index is 0.248. The van der Waals surface area contributed by atoms with Gasteiger partial charge in [0.1, 0.15) is 11.9 Å². The van der Waals surface area contributed by atoms with Crippen LogP contribution >= 0.6 is 0 Å². The number of likely N-dealkylation sites (tertiary alicyclic amines) is 1. The second-order valence-corrected chi connectivity index (χ2v) is 5.82. The first-order valence-electron chi connectivity index (χ1n) is 7.47. The molecule has 1 saturated heterocycles. The van der Waals surface area contributed by atoms with E-state index < -0.39 is 12.1 Å². The predicted molar refractivity (Wildman–Crippen MR) is 80.9 cm³/mol. The number of carbonyl (C=O) groups is 2. The predicted octanol–water partition coefficient (Wildman–Crippen LogP) is 3.02. The van der Waals surface area contributed by atoms with Crippen molar-refractivity contribution in [3.8, 4) is 0 Å². The van der Waals surface area contributed by atoms with Crippen molar-refractivity contribution in [2.45, 2.75) is 32.7 Å². The first kappa shape index (κ1) is 16.3. The summed E-state index contributed by atoms with van der Waals surface area (Å²) in [6.45, 7) is 4.76. The Labute approximate surface area is 129 Å². The summed E-state index contributed by atoms with van der Waals surface area (Å²) in [5.41, 5.74) is 0.508. The molecule has 5 nitrogen and oxygen atoms in total. The smallest absolute Gasteiger partial charge is 0.410 e. The van der Waals surface area contributed by atoms with Crippen molar-refractivity contribution in [3.63, 3.8) is 0 Å². The van der Waals surface area contributed by atoms with E-state index in [1.165, 1.54) is 29.2 Å². The van der Waals surface area contributed by atoms with Crippen LogP contribution in [0.25, 0.3) is 0 Å². The van der Waals surface area contributed by atoms with Crippen LogP contribution in [0.2, 0.25) is 0 Å². The van der Waals surface area contributed by atoms with E-state index in [2.05, 4.69) is 5.32 Å². The zero-order valence-corrected chi connectivity index (χ0v) is 12.8. The second kappa shape index (κ2) is 7.24. The normalized spacial score (nSPS) is 17.6. The van der Waals surface area contributed by atoms with Gasteiger partial charge in [-0.25, -0.2) is 9.18 Å². The Morgan fingerprint density at radius 1 is 1.36 bits per heavy atom. The summed E-state index contributed by atoms with van der Waals surface area (Å²) in [6.07, 6.45) is 0.910. The molecule has 1 N–H and O–H groups in total. The van der Waals surface area contributed by atoms with Crippen molar-refractivity contribution in [2.75, 3.05) is 18.5 Å². The van der Waals surface area contributed by atoms with Crippen LogP contribution in [-0.2, 0) is 9.53 Å². The lowest BCUT2D eigenvalue weighted by molar-refractivity contribution is -0.120. The number of hydrogen-bond acceptors (Lipinski definition) is 3. The lowest BCUT2D eigenvalue weighted by Crippen LogP contribution is -2.43. The summed E-state index contributed by atoms with van der Waals surface area (Å²) in [4.78, 5) is 25.8. The zero-order valence-electron chi connectivity index (χ0n) is 12.8. The third-order valence-electron chi connectivity index (χ3n) is 3.44. The lowest BCUT2D eigenvalue weighted by atomic mass is 10.2. The Morgan fingerprint density at radius 2 is 2.05 bits per heavy atom. The molecule has 1 aromatic rings. The Hall–Kier alpha value is -2.11. The van der Waals surface area contributed by atoms with Gasteiger partial charge in [0.05, 0.1) is 6.61 Å². The molecule has 1 aliphatic rings. The molecule has 0 radical (unpaired) electrons. The molecule has 120 valence electrons. The summed E-state index contributed by atoms with van der Waals surface area (Å²) >= 11 is 0. The van der Waals surface area contributed by atoms with Gasteiger partial charge in [0.15, 0.2) is 0 Å². The van der Waals surface area contributed by atoms with E-state index in [9.17, 15) is 14.0 Å². The quantitative estimate of drug-likeness (QED) is 0.930. The molecule has 2 rings (SSSR count). The van der Waals surface area contributed by atoms with Crippen LogP contribution in [0.15, 0.2) is 24.3 Å². The van der Waals surface area contributed by atoms with Crippen molar-refractivity contribution >= 4 is 17.7 Å². The fourth-order valence-corrected chi connectivity index (χ4v) is 2.34. The Kier molecular flexibility index (Phi) is 5.35. The van der Waals surface area contributed by atoms with Crippen LogP contribution in [0.3, 0.4) is 0 Å². The van der Waals surface area contributed by atoms with Gasteiger partial charge in [-0.15, -0.1) is 0 Å². The number of benzene rings is 1. The molecular formula is C16H21FN2O3. The molecule has 1 unspecified atom stereocenters. The number of nitrogens with one attached hydrogen (secondary N) is 1. The fourth-order valence-electron chi connectivity index (χ4n) is 2.34. The third-order valence-corrected chi connectivity index (χ3v) is 3.44. The second-order valence-electron chi connectivity index (χ2n) is 5.82. The van der Waals surface area contributed by atoms with Gasteiger partial charge < -0.3 is 10.1 Å². The average Bonchev–Trinajstić information content (AvgIpc) is 2.96. The number of hydrogen-bond donors (Lipinski definition) is 1. The molecule has 0 saturated carbocycles. The SMILES string of the molecule is CC(C)COC(=O)N1CCCC1C(=O)Nc1ccc(F)cc1. The largest absolute Gasteiger partial charge is 0.449 e. The molecular weight excluding hydrogens is 287 g/mol. The number of carbonyl (C=O) groups excluding carboxylic acids is 2. The van der Waals surface area contributed by atoms with E-state index in [0.717, 1.165) is 6.42 Å². The van der Waals surface area contributed by atoms with E-state index in [-0.39, 0.29) is 17.6 Å². The first-order valence-corrected chi connectivity index (χ1v) is 7.47. The van der Waals surface area contributed by atoms with Crippen LogP contribution in [0.4, 0.5) is 14.9 Å². The minimum atomic E-state index is -0.537. The molecule has 0 aliphatic carbocycles. The molecule has 2 amide bonds. The molecule has 1 fully saturated rings. The molecule has 1 aromatic carbocycles. The molecule has 0 bridgehead atoms. The highest BCUT2D eigenvalue weighted by molar-refractivity contribution is 5.96. The lowest BCUT2D eigenvalue weighted by Gasteiger charge is -2.23. The summed E-state index contributed by atoms with van der Waals surface area (Å²) in [5.74, 6) is -0.388. The minimum Gasteiger partial charge on any atom is -0.449 e. The fraction of sp³-hybridized carbons (Fsp3) is 0.500. The highest BCUT2D eigenvalue weighted by Gasteiger charge is 2.35. The van der Waals surface area contributed by atoms with Gasteiger partial charge in [0.25, 0.3) is 0 Å². The summed E-state index contributed by atoms with van der Waals surface area (Å²) in [6, 6.07) is 5.00. The highest BCUT2D eigenvalue weighted by Crippen LogP contribution is 2.20. The molecule has 22 heavy (non-hydrogen) atoms. The van der Waals surface area contributed by atoms with E-state index in [4.69, 9.17) is 4.74 Å². The maximum atomic E-state index is 12.9. The molecule has 6 heteroatoms. The van der Waals surface area contributed by atoms with Crippen molar-refractivity contribution in [3.05, 3.63) is 30.1 Å². The number of halogens is 1. The van der Waals surface area contributed by atoms with Gasteiger partial charge in [0.2, 0.25) is 5.91 Å². The Morgan fingerprint density at radius 3 is 2.68 bits per heavy atom. The number of amides is 2. The first-order chi connectivity index (χ1) is 10.5. The summed E-state index contributed by atoms with van der Waals surface area (Å²) in [7, 11) is 0. The third kappa shape index (κ3) is 4.19. The van der Waals surface area contributed by atoms with Gasteiger partial charge in [-0.1, -0.05) is 13.8 Å². The molecule has 1 heterocycles. The topological polar surface area (TPSA) is 58.6 Å². The number of rotatable bonds is 4. The monoisotopic (exact) mass is 308 g/mol. The summed E-state index contributed by atoms with van der Waals surface area (Å²) in [5, 5.41) is 2.71. The van der Waals surface area contributed by atoms with E-state index in [0.29, 0.717) is 25.3 Å². The van der Waals surface area contributed by atoms with Crippen LogP contribution in [0, 0.1) is 11.7 Å².